The molecule has 4 aromatic rings. The number of piperazine rings is 1. The number of imidazole rings is 1. The number of carbonyl (C=O) groups excluding carboxylic acids is 2. The number of nitrogens with one attached hydrogen (secondary N) is 2. The minimum absolute atomic E-state index is 0.0436. The molecule has 6 rings (SSSR count). The van der Waals surface area contributed by atoms with Gasteiger partial charge in [0.2, 0.25) is 5.91 Å². The molecule has 3 aromatic heterocycles. The summed E-state index contributed by atoms with van der Waals surface area (Å²) in [6.45, 7) is 3.18. The van der Waals surface area contributed by atoms with E-state index in [2.05, 4.69) is 25.7 Å². The van der Waals surface area contributed by atoms with Gasteiger partial charge in [0.1, 0.15) is 12.4 Å². The van der Waals surface area contributed by atoms with Gasteiger partial charge in [-0.1, -0.05) is 6.92 Å². The van der Waals surface area contributed by atoms with Crippen molar-refractivity contribution in [3.8, 4) is 11.3 Å². The van der Waals surface area contributed by atoms with Crippen LogP contribution in [0, 0.1) is 0 Å². The second kappa shape index (κ2) is 12.9. The number of aliphatic hydroxyl groups excluding tert-OH is 1. The predicted molar refractivity (Wildman–Crippen MR) is 159 cm³/mol. The number of benzene rings is 1. The normalized spacial score (nSPS) is 18.7. The molecule has 2 saturated heterocycles. The van der Waals surface area contributed by atoms with Crippen LogP contribution < -0.4 is 10.6 Å². The van der Waals surface area contributed by atoms with E-state index >= 15 is 0 Å². The Labute approximate surface area is 256 Å². The molecule has 0 saturated carbocycles. The van der Waals surface area contributed by atoms with Crippen molar-refractivity contribution in [2.75, 3.05) is 44.7 Å². The van der Waals surface area contributed by atoms with Gasteiger partial charge >= 0.3 is 0 Å². The highest BCUT2D eigenvalue weighted by Gasteiger charge is 2.34. The van der Waals surface area contributed by atoms with Crippen LogP contribution in [-0.2, 0) is 17.8 Å². The molecule has 0 aliphatic carbocycles. The monoisotopic (exact) mass is 625 g/mol. The van der Waals surface area contributed by atoms with Crippen molar-refractivity contribution in [2.45, 2.75) is 44.9 Å². The van der Waals surface area contributed by atoms with Gasteiger partial charge in [-0.3, -0.25) is 18.7 Å². The average Bonchev–Trinajstić information content (AvgIpc) is 3.79. The fourth-order valence-corrected chi connectivity index (χ4v) is 5.94. The predicted octanol–water partition coefficient (Wildman–Crippen LogP) is 2.81. The number of anilines is 2. The minimum atomic E-state index is -2.85. The summed E-state index contributed by atoms with van der Waals surface area (Å²) < 4.78 is 43.2. The van der Waals surface area contributed by atoms with Crippen LogP contribution in [0.3, 0.4) is 0 Å². The molecule has 5 heterocycles. The van der Waals surface area contributed by atoms with Crippen LogP contribution in [0.2, 0.25) is 0 Å². The maximum Gasteiger partial charge on any atom is 0.282 e. The molecule has 2 aliphatic rings. The molecule has 238 valence electrons. The van der Waals surface area contributed by atoms with E-state index in [1.807, 2.05) is 13.0 Å². The van der Waals surface area contributed by atoms with E-state index < -0.39 is 24.9 Å². The summed E-state index contributed by atoms with van der Waals surface area (Å²) in [7, 11) is 0. The Morgan fingerprint density at radius 2 is 1.93 bits per heavy atom. The maximum absolute atomic E-state index is 13.8. The second-order valence-electron chi connectivity index (χ2n) is 11.1. The number of hydrogen-bond donors (Lipinski definition) is 3. The lowest BCUT2D eigenvalue weighted by molar-refractivity contribution is -0.134. The number of halogens is 3. The number of aliphatic hydroxyl groups is 1. The highest BCUT2D eigenvalue weighted by Crippen LogP contribution is 2.32. The number of alkyl halides is 3. The van der Waals surface area contributed by atoms with Crippen molar-refractivity contribution in [3.05, 3.63) is 59.8 Å². The molecule has 0 spiro atoms. The number of carbonyl (C=O) groups is 2. The zero-order valence-electron chi connectivity index (χ0n) is 24.7. The van der Waals surface area contributed by atoms with Crippen LogP contribution in [0.4, 0.5) is 24.7 Å². The van der Waals surface area contributed by atoms with Crippen LogP contribution in [0.5, 0.6) is 0 Å². The Bertz CT molecular complexity index is 1700. The average molecular weight is 626 g/mol. The van der Waals surface area contributed by atoms with Gasteiger partial charge in [0.15, 0.2) is 11.5 Å². The largest absolute Gasteiger partial charge is 0.392 e. The van der Waals surface area contributed by atoms with Crippen LogP contribution in [0.15, 0.2) is 43.0 Å². The van der Waals surface area contributed by atoms with E-state index in [9.17, 15) is 27.9 Å². The number of hydrogen-bond acceptors (Lipinski definition) is 8. The topological polar surface area (TPSA) is 133 Å². The van der Waals surface area contributed by atoms with Gasteiger partial charge in [-0.25, -0.2) is 23.1 Å². The highest BCUT2D eigenvalue weighted by atomic mass is 19.3. The molecular weight excluding hydrogens is 591 g/mol. The summed E-state index contributed by atoms with van der Waals surface area (Å²) in [5, 5.41) is 19.9. The third-order valence-electron chi connectivity index (χ3n) is 8.28. The first-order valence-corrected chi connectivity index (χ1v) is 14.9. The molecule has 45 heavy (non-hydrogen) atoms. The quantitative estimate of drug-likeness (QED) is 0.259. The molecule has 15 heteroatoms. The molecule has 2 atom stereocenters. The van der Waals surface area contributed by atoms with Crippen LogP contribution >= 0.6 is 0 Å². The number of aryl methyl sites for hydroxylation is 2. The zero-order chi connectivity index (χ0) is 31.7. The van der Waals surface area contributed by atoms with Gasteiger partial charge < -0.3 is 25.5 Å². The van der Waals surface area contributed by atoms with Gasteiger partial charge in [-0.05, 0) is 36.6 Å². The first-order valence-electron chi connectivity index (χ1n) is 14.9. The standard InChI is InChI=1S/C30H34F3N9O3/c1-2-18-13-19(3-4-21(18)29(44)39-9-11-40(12-10-39)30(45)23-14-20(43)15-35-23)37-27-28-36-16-24(42(28)8-6-34-27)22-17-41(7-5-31)38-25(22)26(32)33/h3-4,6,8,13,16-17,20,23,26,35,43H,2,5,7,9-12,14-15H2,1H3,(H,34,37)/t20-,23+/m1/s1. The summed E-state index contributed by atoms with van der Waals surface area (Å²) in [5.74, 6) is 0.226. The van der Waals surface area contributed by atoms with Crippen LogP contribution in [0.25, 0.3) is 16.9 Å². The SMILES string of the molecule is CCc1cc(Nc2nccn3c(-c4cn(CCF)nc4C(F)F)cnc23)ccc1C(=O)N1CCN(C(=O)[C@@H]2C[C@@H](O)CN2)CC1. The first kappa shape index (κ1) is 30.5. The summed E-state index contributed by atoms with van der Waals surface area (Å²) in [6, 6.07) is 5.02. The molecular formula is C30H34F3N9O3. The molecule has 1 aromatic carbocycles. The van der Waals surface area contributed by atoms with Crippen LogP contribution in [0.1, 0.15) is 41.4 Å². The summed E-state index contributed by atoms with van der Waals surface area (Å²) in [5.41, 5.74) is 2.51. The number of fused-ring (bicyclic) bond motifs is 1. The number of rotatable bonds is 9. The van der Waals surface area contributed by atoms with Gasteiger partial charge in [0.25, 0.3) is 12.3 Å². The van der Waals surface area contributed by atoms with E-state index in [4.69, 9.17) is 0 Å². The van der Waals surface area contributed by atoms with Crippen molar-refractivity contribution in [2.24, 2.45) is 0 Å². The molecule has 2 amide bonds. The summed E-state index contributed by atoms with van der Waals surface area (Å²) in [4.78, 5) is 38.6. The molecule has 2 fully saturated rings. The lowest BCUT2D eigenvalue weighted by Crippen LogP contribution is -2.54. The number of nitrogens with zero attached hydrogens (tertiary/aromatic N) is 7. The minimum Gasteiger partial charge on any atom is -0.392 e. The zero-order valence-corrected chi connectivity index (χ0v) is 24.7. The van der Waals surface area contributed by atoms with Crippen molar-refractivity contribution >= 4 is 29.0 Å². The van der Waals surface area contributed by atoms with E-state index in [0.717, 1.165) is 10.2 Å². The fraction of sp³-hybridized carbons (Fsp3) is 0.433. The summed E-state index contributed by atoms with van der Waals surface area (Å²) in [6.07, 6.45) is 3.58. The van der Waals surface area contributed by atoms with Gasteiger partial charge in [0.05, 0.1) is 30.6 Å². The maximum atomic E-state index is 13.8. The number of aromatic nitrogens is 5. The van der Waals surface area contributed by atoms with E-state index in [0.29, 0.717) is 74.0 Å². The van der Waals surface area contributed by atoms with Gasteiger partial charge in [-0.2, -0.15) is 5.10 Å². The molecule has 0 radical (unpaired) electrons. The lowest BCUT2D eigenvalue weighted by atomic mass is 10.0. The third-order valence-corrected chi connectivity index (χ3v) is 8.28. The second-order valence-corrected chi connectivity index (χ2v) is 11.1. The molecule has 0 unspecified atom stereocenters. The van der Waals surface area contributed by atoms with Crippen molar-refractivity contribution < 1.29 is 27.9 Å². The molecule has 12 nitrogen and oxygen atoms in total. The van der Waals surface area contributed by atoms with E-state index in [1.54, 1.807) is 32.5 Å². The van der Waals surface area contributed by atoms with E-state index in [-0.39, 0.29) is 30.0 Å². The Kier molecular flexibility index (Phi) is 8.72. The van der Waals surface area contributed by atoms with Crippen LogP contribution in [-0.4, -0.2) is 102 Å². The van der Waals surface area contributed by atoms with Crippen molar-refractivity contribution in [3.63, 3.8) is 0 Å². The molecule has 0 bridgehead atoms. The Balaban J connectivity index is 1.17. The smallest absolute Gasteiger partial charge is 0.282 e. The van der Waals surface area contributed by atoms with Crippen molar-refractivity contribution in [1.82, 2.24) is 39.3 Å². The van der Waals surface area contributed by atoms with Gasteiger partial charge in [-0.15, -0.1) is 0 Å². The summed E-state index contributed by atoms with van der Waals surface area (Å²) >= 11 is 0. The fourth-order valence-electron chi connectivity index (χ4n) is 5.94. The Morgan fingerprint density at radius 3 is 2.62 bits per heavy atom. The van der Waals surface area contributed by atoms with Crippen molar-refractivity contribution in [1.29, 1.82) is 0 Å². The lowest BCUT2D eigenvalue weighted by Gasteiger charge is -2.36. The molecule has 3 N–H and O–H groups in total. The highest BCUT2D eigenvalue weighted by molar-refractivity contribution is 5.96. The Hall–Kier alpha value is -4.50. The first-order chi connectivity index (χ1) is 21.8. The third kappa shape index (κ3) is 6.09. The number of amides is 2. The Morgan fingerprint density at radius 1 is 1.16 bits per heavy atom. The number of β-amino-alcohol motifs (C(OH)–C–C–N with tert-alkyl or cyclic N) is 1. The molecule has 2 aliphatic heterocycles. The van der Waals surface area contributed by atoms with Gasteiger partial charge in [0, 0.05) is 68.1 Å². The van der Waals surface area contributed by atoms with E-state index in [1.165, 1.54) is 18.6 Å².